The molecule has 0 unspecified atom stereocenters. The molecule has 114 valence electrons. The van der Waals surface area contributed by atoms with Crippen molar-refractivity contribution in [2.75, 3.05) is 53.9 Å². The van der Waals surface area contributed by atoms with E-state index in [1.54, 1.807) is 0 Å². The molecule has 0 fully saturated rings. The Morgan fingerprint density at radius 3 is 1.84 bits per heavy atom. The maximum absolute atomic E-state index is 11.7. The SMILES string of the molecule is CCCCNC(=O)NCC(CNC)(CNC)CNC. The molecule has 0 aromatic heterocycles. The van der Waals surface area contributed by atoms with E-state index in [9.17, 15) is 4.79 Å². The number of rotatable bonds is 11. The van der Waals surface area contributed by atoms with E-state index in [2.05, 4.69) is 33.5 Å². The lowest BCUT2D eigenvalue weighted by Crippen LogP contribution is -2.54. The van der Waals surface area contributed by atoms with Gasteiger partial charge in [0.05, 0.1) is 0 Å². The minimum atomic E-state index is -0.0823. The molecule has 0 radical (unpaired) electrons. The molecular formula is C13H31N5O. The van der Waals surface area contributed by atoms with E-state index in [0.717, 1.165) is 39.0 Å². The summed E-state index contributed by atoms with van der Waals surface area (Å²) in [4.78, 5) is 11.7. The second-order valence-corrected chi connectivity index (χ2v) is 5.05. The first-order valence-corrected chi connectivity index (χ1v) is 7.09. The average Bonchev–Trinajstić information content (AvgIpc) is 2.38. The van der Waals surface area contributed by atoms with Gasteiger partial charge in [0.15, 0.2) is 0 Å². The van der Waals surface area contributed by atoms with Gasteiger partial charge in [-0.25, -0.2) is 4.79 Å². The van der Waals surface area contributed by atoms with Crippen molar-refractivity contribution < 1.29 is 4.79 Å². The van der Waals surface area contributed by atoms with Crippen LogP contribution in [0.3, 0.4) is 0 Å². The van der Waals surface area contributed by atoms with E-state index in [1.165, 1.54) is 0 Å². The normalized spacial score (nSPS) is 11.4. The maximum Gasteiger partial charge on any atom is 0.314 e. The van der Waals surface area contributed by atoms with Crippen LogP contribution < -0.4 is 26.6 Å². The monoisotopic (exact) mass is 273 g/mol. The molecule has 0 aliphatic rings. The van der Waals surface area contributed by atoms with Crippen LogP contribution in [0, 0.1) is 5.41 Å². The Morgan fingerprint density at radius 1 is 0.895 bits per heavy atom. The van der Waals surface area contributed by atoms with Gasteiger partial charge in [-0.3, -0.25) is 0 Å². The Morgan fingerprint density at radius 2 is 1.42 bits per heavy atom. The van der Waals surface area contributed by atoms with Crippen LogP contribution in [0.1, 0.15) is 19.8 Å². The van der Waals surface area contributed by atoms with Crippen molar-refractivity contribution in [3.63, 3.8) is 0 Å². The van der Waals surface area contributed by atoms with Crippen LogP contribution in [0.25, 0.3) is 0 Å². The van der Waals surface area contributed by atoms with Crippen molar-refractivity contribution in [1.29, 1.82) is 0 Å². The second-order valence-electron chi connectivity index (χ2n) is 5.05. The smallest absolute Gasteiger partial charge is 0.314 e. The van der Waals surface area contributed by atoms with Gasteiger partial charge < -0.3 is 26.6 Å². The Hall–Kier alpha value is -0.850. The largest absolute Gasteiger partial charge is 0.338 e. The number of hydrogen-bond acceptors (Lipinski definition) is 4. The predicted molar refractivity (Wildman–Crippen MR) is 80.5 cm³/mol. The first-order chi connectivity index (χ1) is 9.14. The highest BCUT2D eigenvalue weighted by Gasteiger charge is 2.28. The highest BCUT2D eigenvalue weighted by Crippen LogP contribution is 2.12. The van der Waals surface area contributed by atoms with Crippen LogP contribution in [-0.4, -0.2) is 59.9 Å². The van der Waals surface area contributed by atoms with Crippen LogP contribution in [0.4, 0.5) is 4.79 Å². The lowest BCUT2D eigenvalue weighted by atomic mass is 9.87. The minimum absolute atomic E-state index is 0.0274. The highest BCUT2D eigenvalue weighted by molar-refractivity contribution is 5.73. The highest BCUT2D eigenvalue weighted by atomic mass is 16.2. The molecule has 0 bridgehead atoms. The number of amides is 2. The van der Waals surface area contributed by atoms with E-state index < -0.39 is 0 Å². The number of carbonyl (C=O) groups excluding carboxylic acids is 1. The summed E-state index contributed by atoms with van der Waals surface area (Å²) in [6.07, 6.45) is 2.10. The number of nitrogens with one attached hydrogen (secondary N) is 5. The zero-order valence-corrected chi connectivity index (χ0v) is 12.9. The molecule has 5 N–H and O–H groups in total. The van der Waals surface area contributed by atoms with E-state index in [4.69, 9.17) is 0 Å². The summed E-state index contributed by atoms with van der Waals surface area (Å²) >= 11 is 0. The minimum Gasteiger partial charge on any atom is -0.338 e. The third-order valence-electron chi connectivity index (χ3n) is 3.10. The Kier molecular flexibility index (Phi) is 10.5. The Balaban J connectivity index is 4.25. The Bertz CT molecular complexity index is 218. The molecule has 0 aromatic rings. The van der Waals surface area contributed by atoms with Gasteiger partial charge in [0.2, 0.25) is 0 Å². The summed E-state index contributed by atoms with van der Waals surface area (Å²) in [7, 11) is 5.80. The first-order valence-electron chi connectivity index (χ1n) is 7.09. The summed E-state index contributed by atoms with van der Waals surface area (Å²) in [5, 5.41) is 15.4. The molecule has 6 nitrogen and oxygen atoms in total. The molecule has 0 aliphatic carbocycles. The third-order valence-corrected chi connectivity index (χ3v) is 3.10. The standard InChI is InChI=1S/C13H31N5O/c1-5-6-7-17-12(19)18-11-13(8-14-2,9-15-3)10-16-4/h14-16H,5-11H2,1-4H3,(H2,17,18,19). The van der Waals surface area contributed by atoms with Crippen molar-refractivity contribution in [1.82, 2.24) is 26.6 Å². The Labute approximate surface area is 117 Å². The number of hydrogen-bond donors (Lipinski definition) is 5. The summed E-state index contributed by atoms with van der Waals surface area (Å²) in [6.45, 7) is 5.99. The van der Waals surface area contributed by atoms with Crippen LogP contribution in [0.2, 0.25) is 0 Å². The predicted octanol–water partition coefficient (Wildman–Crippen LogP) is -0.270. The van der Waals surface area contributed by atoms with Crippen LogP contribution >= 0.6 is 0 Å². The lowest BCUT2D eigenvalue weighted by Gasteiger charge is -2.33. The molecule has 0 heterocycles. The van der Waals surface area contributed by atoms with Crippen molar-refractivity contribution in [2.45, 2.75) is 19.8 Å². The van der Waals surface area contributed by atoms with Crippen molar-refractivity contribution in [3.05, 3.63) is 0 Å². The summed E-state index contributed by atoms with van der Waals surface area (Å²) in [6, 6.07) is -0.0823. The van der Waals surface area contributed by atoms with E-state index >= 15 is 0 Å². The fourth-order valence-electron chi connectivity index (χ4n) is 2.21. The average molecular weight is 273 g/mol. The first kappa shape index (κ1) is 18.1. The van der Waals surface area contributed by atoms with Gasteiger partial charge in [0.25, 0.3) is 0 Å². The fourth-order valence-corrected chi connectivity index (χ4v) is 2.21. The second kappa shape index (κ2) is 11.0. The van der Waals surface area contributed by atoms with Crippen LogP contribution in [0.15, 0.2) is 0 Å². The number of urea groups is 1. The molecule has 0 saturated carbocycles. The molecule has 0 aliphatic heterocycles. The summed E-state index contributed by atoms with van der Waals surface area (Å²) in [5.41, 5.74) is -0.0274. The summed E-state index contributed by atoms with van der Waals surface area (Å²) in [5.74, 6) is 0. The quantitative estimate of drug-likeness (QED) is 0.336. The molecule has 0 spiro atoms. The van der Waals surface area contributed by atoms with Gasteiger partial charge in [-0.2, -0.15) is 0 Å². The summed E-state index contributed by atoms with van der Waals surface area (Å²) < 4.78 is 0. The van der Waals surface area contributed by atoms with Gasteiger partial charge in [-0.1, -0.05) is 13.3 Å². The number of carbonyl (C=O) groups is 1. The molecule has 6 heteroatoms. The molecule has 0 saturated heterocycles. The number of unbranched alkanes of at least 4 members (excludes halogenated alkanes) is 1. The van der Waals surface area contributed by atoms with Gasteiger partial charge in [0.1, 0.15) is 0 Å². The van der Waals surface area contributed by atoms with Crippen LogP contribution in [-0.2, 0) is 0 Å². The molecule has 2 amide bonds. The van der Waals surface area contributed by atoms with Crippen LogP contribution in [0.5, 0.6) is 0 Å². The molecule has 0 aromatic carbocycles. The van der Waals surface area contributed by atoms with Gasteiger partial charge in [-0.15, -0.1) is 0 Å². The van der Waals surface area contributed by atoms with E-state index in [-0.39, 0.29) is 11.4 Å². The molecule has 0 rings (SSSR count). The fraction of sp³-hybridized carbons (Fsp3) is 0.923. The molecule has 0 atom stereocenters. The van der Waals surface area contributed by atoms with E-state index in [1.807, 2.05) is 21.1 Å². The van der Waals surface area contributed by atoms with Crippen molar-refractivity contribution in [2.24, 2.45) is 5.41 Å². The van der Waals surface area contributed by atoms with Gasteiger partial charge in [-0.05, 0) is 27.6 Å². The van der Waals surface area contributed by atoms with Crippen molar-refractivity contribution >= 4 is 6.03 Å². The molecule has 19 heavy (non-hydrogen) atoms. The lowest BCUT2D eigenvalue weighted by molar-refractivity contribution is 0.221. The van der Waals surface area contributed by atoms with Gasteiger partial charge in [0, 0.05) is 38.1 Å². The van der Waals surface area contributed by atoms with E-state index in [0.29, 0.717) is 6.54 Å². The zero-order chi connectivity index (χ0) is 14.6. The molecular weight excluding hydrogens is 242 g/mol. The third kappa shape index (κ3) is 8.02. The topological polar surface area (TPSA) is 77.2 Å². The van der Waals surface area contributed by atoms with Crippen molar-refractivity contribution in [3.8, 4) is 0 Å². The maximum atomic E-state index is 11.7. The van der Waals surface area contributed by atoms with Gasteiger partial charge >= 0.3 is 6.03 Å². The zero-order valence-electron chi connectivity index (χ0n) is 12.9.